The van der Waals surface area contributed by atoms with Crippen molar-refractivity contribution in [2.24, 2.45) is 0 Å². The molecule has 2 aromatic rings. The van der Waals surface area contributed by atoms with Crippen molar-refractivity contribution in [3.63, 3.8) is 0 Å². The van der Waals surface area contributed by atoms with Gasteiger partial charge in [-0.2, -0.15) is 5.26 Å². The van der Waals surface area contributed by atoms with Crippen molar-refractivity contribution in [3.8, 4) is 11.8 Å². The molecule has 3 rings (SSSR count). The highest BCUT2D eigenvalue weighted by Gasteiger charge is 2.36. The van der Waals surface area contributed by atoms with Crippen LogP contribution in [0.5, 0.6) is 5.75 Å². The Bertz CT molecular complexity index is 904. The zero-order valence-corrected chi connectivity index (χ0v) is 17.9. The highest BCUT2D eigenvalue weighted by atomic mass is 35.5. The van der Waals surface area contributed by atoms with Crippen molar-refractivity contribution < 1.29 is 9.53 Å². The molecule has 3 atom stereocenters. The minimum absolute atomic E-state index is 0.0254. The van der Waals surface area contributed by atoms with Gasteiger partial charge in [-0.3, -0.25) is 4.79 Å². The average molecular weight is 411 g/mol. The predicted octanol–water partition coefficient (Wildman–Crippen LogP) is 5.76. The first-order chi connectivity index (χ1) is 13.9. The zero-order valence-electron chi connectivity index (χ0n) is 17.2. The van der Waals surface area contributed by atoms with Gasteiger partial charge in [0, 0.05) is 30.1 Å². The van der Waals surface area contributed by atoms with E-state index in [1.165, 1.54) is 0 Å². The average Bonchev–Trinajstić information content (AvgIpc) is 3.07. The number of nitriles is 1. The van der Waals surface area contributed by atoms with E-state index in [1.54, 1.807) is 18.2 Å². The quantitative estimate of drug-likeness (QED) is 0.608. The fourth-order valence-corrected chi connectivity index (χ4v) is 4.18. The molecule has 0 saturated carbocycles. The third kappa shape index (κ3) is 4.92. The van der Waals surface area contributed by atoms with Crippen molar-refractivity contribution in [2.45, 2.75) is 64.6 Å². The van der Waals surface area contributed by atoms with E-state index in [0.29, 0.717) is 16.3 Å². The smallest absolute Gasteiger partial charge is 0.254 e. The van der Waals surface area contributed by atoms with E-state index < -0.39 is 0 Å². The number of halogens is 1. The molecule has 1 saturated heterocycles. The van der Waals surface area contributed by atoms with Crippen LogP contribution in [0.4, 0.5) is 0 Å². The highest BCUT2D eigenvalue weighted by molar-refractivity contribution is 6.31. The molecule has 3 unspecified atom stereocenters. The number of ether oxygens (including phenoxy) is 1. The van der Waals surface area contributed by atoms with Crippen molar-refractivity contribution >= 4 is 17.5 Å². The van der Waals surface area contributed by atoms with Gasteiger partial charge in [0.05, 0.1) is 10.6 Å². The van der Waals surface area contributed by atoms with Crippen LogP contribution in [0.3, 0.4) is 0 Å². The van der Waals surface area contributed by atoms with Crippen LogP contribution in [-0.4, -0.2) is 29.0 Å². The minimum Gasteiger partial charge on any atom is -0.490 e. The second kappa shape index (κ2) is 9.33. The standard InChI is InChI=1S/C24H27ClN2O2/c1-4-21(29-22-12-10-19(15-26)23(25)14-22)13-20-11-7-17(3)27(20)24(28)18-8-5-16(2)6-9-18/h5-6,8-10,12,14,17,20-21H,4,7,11,13H2,1-3H3. The summed E-state index contributed by atoms with van der Waals surface area (Å²) >= 11 is 6.13. The Morgan fingerprint density at radius 1 is 1.28 bits per heavy atom. The maximum absolute atomic E-state index is 13.2. The summed E-state index contributed by atoms with van der Waals surface area (Å²) in [6.07, 6.45) is 3.56. The third-order valence-electron chi connectivity index (χ3n) is 5.67. The van der Waals surface area contributed by atoms with Crippen LogP contribution in [0.25, 0.3) is 0 Å². The summed E-state index contributed by atoms with van der Waals surface area (Å²) < 4.78 is 6.16. The summed E-state index contributed by atoms with van der Waals surface area (Å²) in [5.74, 6) is 0.750. The van der Waals surface area contributed by atoms with Crippen LogP contribution in [0.15, 0.2) is 42.5 Å². The van der Waals surface area contributed by atoms with Gasteiger partial charge >= 0.3 is 0 Å². The summed E-state index contributed by atoms with van der Waals surface area (Å²) in [5.41, 5.74) is 2.32. The fraction of sp³-hybridized carbons (Fsp3) is 0.417. The number of hydrogen-bond donors (Lipinski definition) is 0. The Labute approximate surface area is 178 Å². The number of carbonyl (C=O) groups excluding carboxylic acids is 1. The maximum Gasteiger partial charge on any atom is 0.254 e. The number of aryl methyl sites for hydroxylation is 1. The molecular formula is C24H27ClN2O2. The van der Waals surface area contributed by atoms with E-state index in [2.05, 4.69) is 19.9 Å². The van der Waals surface area contributed by atoms with Gasteiger partial charge in [0.1, 0.15) is 17.9 Å². The predicted molar refractivity (Wildman–Crippen MR) is 115 cm³/mol. The van der Waals surface area contributed by atoms with Crippen LogP contribution >= 0.6 is 11.6 Å². The molecule has 4 nitrogen and oxygen atoms in total. The van der Waals surface area contributed by atoms with E-state index in [4.69, 9.17) is 21.6 Å². The zero-order chi connectivity index (χ0) is 21.0. The van der Waals surface area contributed by atoms with Gasteiger partial charge < -0.3 is 9.64 Å². The van der Waals surface area contributed by atoms with E-state index in [1.807, 2.05) is 36.1 Å². The van der Waals surface area contributed by atoms with Gasteiger partial charge in [-0.1, -0.05) is 36.2 Å². The lowest BCUT2D eigenvalue weighted by Crippen LogP contribution is -2.42. The molecule has 0 radical (unpaired) electrons. The van der Waals surface area contributed by atoms with Crippen molar-refractivity contribution in [2.75, 3.05) is 0 Å². The van der Waals surface area contributed by atoms with Crippen LogP contribution in [0, 0.1) is 18.3 Å². The summed E-state index contributed by atoms with van der Waals surface area (Å²) in [4.78, 5) is 15.2. The molecule has 0 spiro atoms. The largest absolute Gasteiger partial charge is 0.490 e. The molecule has 0 bridgehead atoms. The molecule has 0 N–H and O–H groups in total. The minimum atomic E-state index is -0.0254. The summed E-state index contributed by atoms with van der Waals surface area (Å²) in [7, 11) is 0. The lowest BCUT2D eigenvalue weighted by atomic mass is 10.0. The van der Waals surface area contributed by atoms with Crippen LogP contribution in [-0.2, 0) is 0 Å². The van der Waals surface area contributed by atoms with Crippen molar-refractivity contribution in [3.05, 3.63) is 64.2 Å². The van der Waals surface area contributed by atoms with E-state index >= 15 is 0 Å². The first kappa shape index (κ1) is 21.2. The normalized spacial score (nSPS) is 19.6. The molecule has 0 aliphatic carbocycles. The molecule has 0 aromatic heterocycles. The second-order valence-corrected chi connectivity index (χ2v) is 8.20. The number of carbonyl (C=O) groups is 1. The molecule has 29 heavy (non-hydrogen) atoms. The molecule has 5 heteroatoms. The fourth-order valence-electron chi connectivity index (χ4n) is 3.97. The Balaban J connectivity index is 1.72. The first-order valence-corrected chi connectivity index (χ1v) is 10.6. The van der Waals surface area contributed by atoms with Gasteiger partial charge in [-0.15, -0.1) is 0 Å². The van der Waals surface area contributed by atoms with Gasteiger partial charge in [0.25, 0.3) is 5.91 Å². The van der Waals surface area contributed by atoms with Crippen molar-refractivity contribution in [1.29, 1.82) is 5.26 Å². The van der Waals surface area contributed by atoms with Crippen molar-refractivity contribution in [1.82, 2.24) is 4.90 Å². The first-order valence-electron chi connectivity index (χ1n) is 10.2. The van der Waals surface area contributed by atoms with E-state index in [0.717, 1.165) is 36.8 Å². The second-order valence-electron chi connectivity index (χ2n) is 7.80. The van der Waals surface area contributed by atoms with Gasteiger partial charge in [0.2, 0.25) is 0 Å². The molecule has 1 aliphatic rings. The lowest BCUT2D eigenvalue weighted by Gasteiger charge is -2.31. The summed E-state index contributed by atoms with van der Waals surface area (Å²) in [6, 6.07) is 15.4. The van der Waals surface area contributed by atoms with E-state index in [9.17, 15) is 4.79 Å². The number of benzene rings is 2. The number of hydrogen-bond acceptors (Lipinski definition) is 3. The molecule has 1 fully saturated rings. The highest BCUT2D eigenvalue weighted by Crippen LogP contribution is 2.31. The maximum atomic E-state index is 13.2. The Hall–Kier alpha value is -2.51. The molecule has 152 valence electrons. The van der Waals surface area contributed by atoms with Crippen LogP contribution in [0.2, 0.25) is 5.02 Å². The monoisotopic (exact) mass is 410 g/mol. The number of nitrogens with zero attached hydrogens (tertiary/aromatic N) is 2. The SMILES string of the molecule is CCC(CC1CCC(C)N1C(=O)c1ccc(C)cc1)Oc1ccc(C#N)c(Cl)c1. The lowest BCUT2D eigenvalue weighted by molar-refractivity contribution is 0.0619. The molecule has 2 aromatic carbocycles. The van der Waals surface area contributed by atoms with Crippen LogP contribution < -0.4 is 4.74 Å². The molecule has 1 amide bonds. The van der Waals surface area contributed by atoms with Crippen LogP contribution in [0.1, 0.15) is 61.0 Å². The topological polar surface area (TPSA) is 53.3 Å². The molecule has 1 heterocycles. The van der Waals surface area contributed by atoms with Gasteiger partial charge in [-0.05, 0) is 57.4 Å². The number of likely N-dealkylation sites (tertiary alicyclic amines) is 1. The number of amides is 1. The number of rotatable bonds is 6. The summed E-state index contributed by atoms with van der Waals surface area (Å²) in [6.45, 7) is 6.23. The molecular weight excluding hydrogens is 384 g/mol. The summed E-state index contributed by atoms with van der Waals surface area (Å²) in [5, 5.41) is 9.42. The Morgan fingerprint density at radius 2 is 2.00 bits per heavy atom. The van der Waals surface area contributed by atoms with E-state index in [-0.39, 0.29) is 24.1 Å². The Kier molecular flexibility index (Phi) is 6.82. The van der Waals surface area contributed by atoms with Gasteiger partial charge in [0.15, 0.2) is 0 Å². The third-order valence-corrected chi connectivity index (χ3v) is 5.99. The Morgan fingerprint density at radius 3 is 2.62 bits per heavy atom. The van der Waals surface area contributed by atoms with Gasteiger partial charge in [-0.25, -0.2) is 0 Å². The molecule has 1 aliphatic heterocycles.